The highest BCUT2D eigenvalue weighted by molar-refractivity contribution is 5.84. The topological polar surface area (TPSA) is 45.7 Å². The Morgan fingerprint density at radius 3 is 2.88 bits per heavy atom. The first-order chi connectivity index (χ1) is 12.7. The summed E-state index contributed by atoms with van der Waals surface area (Å²) in [5.74, 6) is 1.32. The van der Waals surface area contributed by atoms with Crippen molar-refractivity contribution in [2.75, 3.05) is 26.7 Å². The summed E-state index contributed by atoms with van der Waals surface area (Å²) in [6.07, 6.45) is 3.19. The van der Waals surface area contributed by atoms with Crippen molar-refractivity contribution in [3.8, 4) is 5.75 Å². The molecule has 0 radical (unpaired) electrons. The summed E-state index contributed by atoms with van der Waals surface area (Å²) in [4.78, 5) is 22.1. The molecule has 2 atom stereocenters. The van der Waals surface area contributed by atoms with E-state index in [1.54, 1.807) is 7.11 Å². The van der Waals surface area contributed by atoms with E-state index >= 15 is 0 Å². The van der Waals surface area contributed by atoms with Gasteiger partial charge in [0, 0.05) is 37.6 Å². The molecule has 0 aliphatic carbocycles. The van der Waals surface area contributed by atoms with E-state index in [9.17, 15) is 4.79 Å². The van der Waals surface area contributed by atoms with E-state index in [4.69, 9.17) is 9.72 Å². The van der Waals surface area contributed by atoms with Crippen LogP contribution in [0, 0.1) is 5.92 Å². The smallest absolute Gasteiger partial charge is 0.227 e. The van der Waals surface area contributed by atoms with Gasteiger partial charge in [0.1, 0.15) is 11.3 Å². The normalized spacial score (nSPS) is 23.5. The van der Waals surface area contributed by atoms with E-state index in [1.807, 2.05) is 12.1 Å². The van der Waals surface area contributed by atoms with Gasteiger partial charge >= 0.3 is 0 Å². The molecule has 5 rings (SSSR count). The van der Waals surface area contributed by atoms with Crippen LogP contribution in [0.2, 0.25) is 0 Å². The molecule has 5 heteroatoms. The largest absolute Gasteiger partial charge is 0.494 e. The van der Waals surface area contributed by atoms with Crippen molar-refractivity contribution in [1.29, 1.82) is 0 Å². The fourth-order valence-corrected chi connectivity index (χ4v) is 4.44. The average molecular weight is 353 g/mol. The van der Waals surface area contributed by atoms with Crippen LogP contribution >= 0.6 is 0 Å². The quantitative estimate of drug-likeness (QED) is 0.829. The lowest BCUT2D eigenvalue weighted by Crippen LogP contribution is -2.48. The van der Waals surface area contributed by atoms with Gasteiger partial charge < -0.3 is 9.64 Å². The first kappa shape index (κ1) is 17.3. The second kappa shape index (κ2) is 7.23. The van der Waals surface area contributed by atoms with Crippen LogP contribution in [-0.4, -0.2) is 53.5 Å². The molecular weight excluding hydrogens is 326 g/mol. The summed E-state index contributed by atoms with van der Waals surface area (Å²) in [5, 5.41) is 1.09. The molecule has 1 amide bonds. The molecular formula is C21H27N3O2. The van der Waals surface area contributed by atoms with Gasteiger partial charge in [0.25, 0.3) is 0 Å². The molecule has 1 aromatic carbocycles. The Bertz CT molecular complexity index is 807. The molecule has 26 heavy (non-hydrogen) atoms. The molecule has 0 N–H and O–H groups in total. The number of aromatic nitrogens is 1. The molecule has 4 heterocycles. The van der Waals surface area contributed by atoms with Crippen molar-refractivity contribution in [2.24, 2.45) is 5.92 Å². The maximum absolute atomic E-state index is 12.7. The molecule has 1 aromatic heterocycles. The number of hydrogen-bond donors (Lipinski definition) is 0. The third kappa shape index (κ3) is 3.16. The fraction of sp³-hybridized carbons (Fsp3) is 0.524. The van der Waals surface area contributed by atoms with Gasteiger partial charge in [-0.15, -0.1) is 0 Å². The van der Waals surface area contributed by atoms with Gasteiger partial charge in [-0.3, -0.25) is 9.69 Å². The van der Waals surface area contributed by atoms with Gasteiger partial charge in [-0.05, 0) is 31.4 Å². The van der Waals surface area contributed by atoms with Crippen LogP contribution in [0.4, 0.5) is 0 Å². The second-order valence-corrected chi connectivity index (χ2v) is 7.49. The van der Waals surface area contributed by atoms with Crippen molar-refractivity contribution < 1.29 is 9.53 Å². The highest BCUT2D eigenvalue weighted by Crippen LogP contribution is 2.30. The van der Waals surface area contributed by atoms with Crippen LogP contribution < -0.4 is 4.74 Å². The number of ether oxygens (including phenoxy) is 1. The van der Waals surface area contributed by atoms with E-state index in [2.05, 4.69) is 34.9 Å². The average Bonchev–Trinajstić information content (AvgIpc) is 2.93. The van der Waals surface area contributed by atoms with E-state index in [0.29, 0.717) is 11.9 Å². The number of nitrogens with zero attached hydrogens (tertiary/aromatic N) is 3. The Hall–Kier alpha value is -2.14. The molecule has 3 aliphatic rings. The summed E-state index contributed by atoms with van der Waals surface area (Å²) in [6, 6.07) is 10.6. The summed E-state index contributed by atoms with van der Waals surface area (Å²) >= 11 is 0. The number of fused-ring (bicyclic) bond motifs is 5. The van der Waals surface area contributed by atoms with Gasteiger partial charge in [0.05, 0.1) is 18.7 Å². The number of rotatable bonds is 5. The molecule has 2 bridgehead atoms. The van der Waals surface area contributed by atoms with E-state index in [-0.39, 0.29) is 5.92 Å². The molecule has 3 fully saturated rings. The Morgan fingerprint density at radius 1 is 1.19 bits per heavy atom. The number of benzene rings is 1. The lowest BCUT2D eigenvalue weighted by molar-refractivity contribution is -0.139. The number of piperidine rings is 1. The Kier molecular flexibility index (Phi) is 4.81. The number of methoxy groups -OCH3 is 1. The van der Waals surface area contributed by atoms with Crippen LogP contribution in [0.3, 0.4) is 0 Å². The molecule has 0 spiro atoms. The summed E-state index contributed by atoms with van der Waals surface area (Å²) in [6.45, 7) is 5.62. The number of carbonyl (C=O) groups excluding carboxylic acids is 1. The van der Waals surface area contributed by atoms with Crippen molar-refractivity contribution in [3.05, 3.63) is 36.0 Å². The number of para-hydroxylation sites is 1. The molecule has 3 aliphatic heterocycles. The monoisotopic (exact) mass is 353 g/mol. The molecule has 138 valence electrons. The first-order valence-corrected chi connectivity index (χ1v) is 9.65. The Labute approximate surface area is 154 Å². The fourth-order valence-electron chi connectivity index (χ4n) is 4.44. The molecule has 2 aromatic rings. The van der Waals surface area contributed by atoms with Crippen molar-refractivity contribution in [2.45, 2.75) is 38.8 Å². The van der Waals surface area contributed by atoms with Crippen molar-refractivity contribution >= 4 is 16.8 Å². The maximum Gasteiger partial charge on any atom is 0.227 e. The SMILES string of the molecule is CCCN1C(=O)[C@H]2CC[C@@H]1CN(Cc1ccc3cccc(OC)c3n1)C2. The lowest BCUT2D eigenvalue weighted by atomic mass is 9.94. The number of amides is 1. The van der Waals surface area contributed by atoms with Gasteiger partial charge in [-0.2, -0.15) is 0 Å². The van der Waals surface area contributed by atoms with E-state index < -0.39 is 0 Å². The molecule has 0 unspecified atom stereocenters. The minimum atomic E-state index is 0.148. The highest BCUT2D eigenvalue weighted by atomic mass is 16.5. The minimum absolute atomic E-state index is 0.148. The zero-order chi connectivity index (χ0) is 18.1. The summed E-state index contributed by atoms with van der Waals surface area (Å²) < 4.78 is 5.46. The van der Waals surface area contributed by atoms with Crippen LogP contribution in [0.5, 0.6) is 5.75 Å². The number of pyridine rings is 1. The van der Waals surface area contributed by atoms with Gasteiger partial charge in [0.15, 0.2) is 0 Å². The predicted octanol–water partition coefficient (Wildman–Crippen LogP) is 3.08. The Balaban J connectivity index is 1.56. The maximum atomic E-state index is 12.7. The van der Waals surface area contributed by atoms with Crippen LogP contribution in [0.15, 0.2) is 30.3 Å². The van der Waals surface area contributed by atoms with Crippen molar-refractivity contribution in [1.82, 2.24) is 14.8 Å². The predicted molar refractivity (Wildman–Crippen MR) is 102 cm³/mol. The molecule has 5 nitrogen and oxygen atoms in total. The molecule has 0 saturated carbocycles. The van der Waals surface area contributed by atoms with Crippen LogP contribution in [-0.2, 0) is 11.3 Å². The second-order valence-electron chi connectivity index (χ2n) is 7.49. The summed E-state index contributed by atoms with van der Waals surface area (Å²) in [5.41, 5.74) is 1.95. The van der Waals surface area contributed by atoms with E-state index in [0.717, 1.165) is 67.8 Å². The standard InChI is InChI=1S/C21H27N3O2/c1-3-11-24-18-10-8-16(21(24)25)12-23(14-18)13-17-9-7-15-5-4-6-19(26-2)20(15)22-17/h4-7,9,16,18H,3,8,10-14H2,1-2H3/t16-,18+/m0/s1. The first-order valence-electron chi connectivity index (χ1n) is 9.65. The van der Waals surface area contributed by atoms with Crippen molar-refractivity contribution in [3.63, 3.8) is 0 Å². The third-order valence-electron chi connectivity index (χ3n) is 5.68. The third-order valence-corrected chi connectivity index (χ3v) is 5.68. The van der Waals surface area contributed by atoms with Gasteiger partial charge in [-0.1, -0.05) is 25.1 Å². The highest BCUT2D eigenvalue weighted by Gasteiger charge is 2.40. The van der Waals surface area contributed by atoms with Crippen LogP contribution in [0.25, 0.3) is 10.9 Å². The van der Waals surface area contributed by atoms with Gasteiger partial charge in [0.2, 0.25) is 5.91 Å². The number of hydrogen-bond acceptors (Lipinski definition) is 4. The zero-order valence-electron chi connectivity index (χ0n) is 15.6. The zero-order valence-corrected chi connectivity index (χ0v) is 15.6. The van der Waals surface area contributed by atoms with Gasteiger partial charge in [-0.25, -0.2) is 4.98 Å². The molecule has 3 saturated heterocycles. The number of carbonyl (C=O) groups is 1. The lowest BCUT2D eigenvalue weighted by Gasteiger charge is -2.35. The minimum Gasteiger partial charge on any atom is -0.494 e. The summed E-state index contributed by atoms with van der Waals surface area (Å²) in [7, 11) is 1.68. The Morgan fingerprint density at radius 2 is 2.08 bits per heavy atom. The van der Waals surface area contributed by atoms with E-state index in [1.165, 1.54) is 0 Å². The van der Waals surface area contributed by atoms with Crippen LogP contribution in [0.1, 0.15) is 31.9 Å².